The SMILES string of the molecule is COc1ccc(N(N)/C=C\N)c(CBr)c1F. The molecular formula is C10H13BrFN3O. The van der Waals surface area contributed by atoms with E-state index in [1.807, 2.05) is 0 Å². The lowest BCUT2D eigenvalue weighted by Crippen LogP contribution is -2.26. The van der Waals surface area contributed by atoms with Crippen LogP contribution in [0.3, 0.4) is 0 Å². The van der Waals surface area contributed by atoms with Crippen LogP contribution in [-0.4, -0.2) is 7.11 Å². The van der Waals surface area contributed by atoms with Crippen molar-refractivity contribution in [2.24, 2.45) is 11.6 Å². The molecule has 0 aliphatic rings. The Morgan fingerprint density at radius 2 is 2.25 bits per heavy atom. The zero-order chi connectivity index (χ0) is 12.1. The van der Waals surface area contributed by atoms with Crippen LogP contribution in [0.15, 0.2) is 24.5 Å². The van der Waals surface area contributed by atoms with Gasteiger partial charge in [0.1, 0.15) is 0 Å². The largest absolute Gasteiger partial charge is 0.494 e. The van der Waals surface area contributed by atoms with Gasteiger partial charge in [-0.15, -0.1) is 0 Å². The van der Waals surface area contributed by atoms with Gasteiger partial charge in [-0.2, -0.15) is 0 Å². The Morgan fingerprint density at radius 3 is 2.75 bits per heavy atom. The molecule has 1 aromatic rings. The number of methoxy groups -OCH3 is 1. The molecule has 16 heavy (non-hydrogen) atoms. The molecule has 0 unspecified atom stereocenters. The first-order valence-electron chi connectivity index (χ1n) is 4.49. The Kier molecular flexibility index (Phi) is 4.57. The van der Waals surface area contributed by atoms with Crippen LogP contribution in [0, 0.1) is 5.82 Å². The molecule has 0 aromatic heterocycles. The van der Waals surface area contributed by atoms with Gasteiger partial charge < -0.3 is 10.5 Å². The zero-order valence-corrected chi connectivity index (χ0v) is 10.4. The Hall–Kier alpha value is -1.27. The van der Waals surface area contributed by atoms with E-state index in [-0.39, 0.29) is 5.75 Å². The predicted octanol–water partition coefficient (Wildman–Crippen LogP) is 1.84. The van der Waals surface area contributed by atoms with Gasteiger partial charge >= 0.3 is 0 Å². The van der Waals surface area contributed by atoms with Crippen LogP contribution in [0.5, 0.6) is 5.75 Å². The third-order valence-corrected chi connectivity index (χ3v) is 2.62. The fourth-order valence-electron chi connectivity index (χ4n) is 1.29. The van der Waals surface area contributed by atoms with E-state index in [0.717, 1.165) is 0 Å². The van der Waals surface area contributed by atoms with E-state index >= 15 is 0 Å². The van der Waals surface area contributed by atoms with Crippen molar-refractivity contribution >= 4 is 21.6 Å². The summed E-state index contributed by atoms with van der Waals surface area (Å²) in [6.07, 6.45) is 2.72. The van der Waals surface area contributed by atoms with Crippen molar-refractivity contribution in [3.8, 4) is 5.75 Å². The second-order valence-corrected chi connectivity index (χ2v) is 3.52. The summed E-state index contributed by atoms with van der Waals surface area (Å²) in [6, 6.07) is 3.18. The number of hydrogen-bond acceptors (Lipinski definition) is 4. The molecule has 0 amide bonds. The minimum absolute atomic E-state index is 0.184. The number of hydrogen-bond donors (Lipinski definition) is 2. The van der Waals surface area contributed by atoms with Crippen molar-refractivity contribution < 1.29 is 9.13 Å². The van der Waals surface area contributed by atoms with Crippen molar-refractivity contribution in [3.05, 3.63) is 35.9 Å². The Balaban J connectivity index is 3.25. The van der Waals surface area contributed by atoms with Gasteiger partial charge in [0.2, 0.25) is 0 Å². The first-order valence-corrected chi connectivity index (χ1v) is 5.61. The van der Waals surface area contributed by atoms with Crippen molar-refractivity contribution in [1.29, 1.82) is 0 Å². The van der Waals surface area contributed by atoms with Crippen LogP contribution in [0.25, 0.3) is 0 Å². The average Bonchev–Trinajstić information content (AvgIpc) is 2.28. The van der Waals surface area contributed by atoms with Gasteiger partial charge in [-0.25, -0.2) is 10.2 Å². The van der Waals surface area contributed by atoms with E-state index in [1.54, 1.807) is 6.07 Å². The lowest BCUT2D eigenvalue weighted by Gasteiger charge is -2.18. The summed E-state index contributed by atoms with van der Waals surface area (Å²) >= 11 is 3.21. The molecule has 0 bridgehead atoms. The Labute approximate surface area is 102 Å². The summed E-state index contributed by atoms with van der Waals surface area (Å²) in [7, 11) is 1.41. The number of rotatable bonds is 4. The molecular weight excluding hydrogens is 277 g/mol. The summed E-state index contributed by atoms with van der Waals surface area (Å²) in [5.74, 6) is 5.43. The van der Waals surface area contributed by atoms with Gasteiger partial charge in [0.15, 0.2) is 11.6 Å². The minimum Gasteiger partial charge on any atom is -0.494 e. The van der Waals surface area contributed by atoms with Crippen molar-refractivity contribution in [2.45, 2.75) is 5.33 Å². The van der Waals surface area contributed by atoms with E-state index in [9.17, 15) is 4.39 Å². The predicted molar refractivity (Wildman–Crippen MR) is 65.6 cm³/mol. The van der Waals surface area contributed by atoms with Crippen LogP contribution in [0.4, 0.5) is 10.1 Å². The van der Waals surface area contributed by atoms with Gasteiger partial charge in [0.25, 0.3) is 0 Å². The molecule has 0 radical (unpaired) electrons. The van der Waals surface area contributed by atoms with Gasteiger partial charge in [-0.05, 0) is 12.1 Å². The molecule has 0 aliphatic carbocycles. The van der Waals surface area contributed by atoms with Crippen molar-refractivity contribution in [1.82, 2.24) is 0 Å². The van der Waals surface area contributed by atoms with Crippen molar-refractivity contribution in [3.63, 3.8) is 0 Å². The molecule has 6 heteroatoms. The first-order chi connectivity index (χ1) is 7.65. The molecule has 1 aromatic carbocycles. The third-order valence-electron chi connectivity index (χ3n) is 2.06. The molecule has 1 rings (SSSR count). The Bertz CT molecular complexity index is 398. The highest BCUT2D eigenvalue weighted by Crippen LogP contribution is 2.30. The molecule has 4 N–H and O–H groups in total. The van der Waals surface area contributed by atoms with E-state index in [1.165, 1.54) is 30.6 Å². The van der Waals surface area contributed by atoms with E-state index in [2.05, 4.69) is 15.9 Å². The molecule has 0 atom stereocenters. The molecule has 0 heterocycles. The number of nitrogens with zero attached hydrogens (tertiary/aromatic N) is 1. The van der Waals surface area contributed by atoms with E-state index in [4.69, 9.17) is 16.3 Å². The minimum atomic E-state index is -0.433. The zero-order valence-electron chi connectivity index (χ0n) is 8.78. The highest BCUT2D eigenvalue weighted by molar-refractivity contribution is 9.08. The monoisotopic (exact) mass is 289 g/mol. The summed E-state index contributed by atoms with van der Waals surface area (Å²) in [6.45, 7) is 0. The molecule has 0 fully saturated rings. The summed E-state index contributed by atoms with van der Waals surface area (Å²) in [5.41, 5.74) is 6.16. The molecule has 0 aliphatic heterocycles. The quantitative estimate of drug-likeness (QED) is 0.504. The van der Waals surface area contributed by atoms with Crippen LogP contribution in [-0.2, 0) is 5.33 Å². The molecule has 0 spiro atoms. The van der Waals surface area contributed by atoms with Gasteiger partial charge in [-0.1, -0.05) is 15.9 Å². The van der Waals surface area contributed by atoms with Gasteiger partial charge in [0, 0.05) is 23.3 Å². The fourth-order valence-corrected chi connectivity index (χ4v) is 1.82. The summed E-state index contributed by atoms with van der Waals surface area (Å²) in [4.78, 5) is 0. The smallest absolute Gasteiger partial charge is 0.171 e. The normalized spacial score (nSPS) is 10.8. The molecule has 0 saturated carbocycles. The lowest BCUT2D eigenvalue weighted by molar-refractivity contribution is 0.385. The van der Waals surface area contributed by atoms with Gasteiger partial charge in [-0.3, -0.25) is 5.01 Å². The molecule has 88 valence electrons. The topological polar surface area (TPSA) is 64.5 Å². The van der Waals surface area contributed by atoms with Crippen LogP contribution < -0.4 is 21.3 Å². The van der Waals surface area contributed by atoms with Crippen LogP contribution in [0.2, 0.25) is 0 Å². The maximum atomic E-state index is 13.8. The number of hydrazine groups is 1. The maximum Gasteiger partial charge on any atom is 0.171 e. The molecule has 4 nitrogen and oxygen atoms in total. The number of benzene rings is 1. The van der Waals surface area contributed by atoms with E-state index in [0.29, 0.717) is 16.6 Å². The molecule has 0 saturated heterocycles. The highest BCUT2D eigenvalue weighted by atomic mass is 79.9. The second-order valence-electron chi connectivity index (χ2n) is 2.96. The summed E-state index contributed by atoms with van der Waals surface area (Å²) < 4.78 is 18.7. The fraction of sp³-hybridized carbons (Fsp3) is 0.200. The average molecular weight is 290 g/mol. The highest BCUT2D eigenvalue weighted by Gasteiger charge is 2.14. The third kappa shape index (κ3) is 2.45. The van der Waals surface area contributed by atoms with E-state index < -0.39 is 5.82 Å². The van der Waals surface area contributed by atoms with Crippen LogP contribution >= 0.6 is 15.9 Å². The first kappa shape index (κ1) is 12.8. The van der Waals surface area contributed by atoms with Crippen molar-refractivity contribution in [2.75, 3.05) is 12.1 Å². The number of alkyl halides is 1. The second kappa shape index (κ2) is 5.72. The Morgan fingerprint density at radius 1 is 1.56 bits per heavy atom. The maximum absolute atomic E-state index is 13.8. The lowest BCUT2D eigenvalue weighted by atomic mass is 10.1. The number of ether oxygens (including phenoxy) is 1. The van der Waals surface area contributed by atoms with Gasteiger partial charge in [0.05, 0.1) is 12.8 Å². The van der Waals surface area contributed by atoms with Crippen LogP contribution in [0.1, 0.15) is 5.56 Å². The summed E-state index contributed by atoms with van der Waals surface area (Å²) in [5, 5.41) is 1.58. The number of anilines is 1. The number of nitrogens with two attached hydrogens (primary N) is 2. The number of halogens is 2. The standard InChI is InChI=1S/C10H13BrFN3O/c1-16-9-3-2-8(15(14)5-4-13)7(6-11)10(9)12/h2-5H,6,13-14H2,1H3/b5-4-.